The highest BCUT2D eigenvalue weighted by atomic mass is 79.9. The standard InChI is InChI=1S/C10H16BrFN2O/c1-8(2)6-15-7-10-9(11)5-14(13-10)4-3-12/h5,8H,3-4,6-7H2,1-2H3. The van der Waals surface area contributed by atoms with E-state index in [1.807, 2.05) is 0 Å². The first-order valence-corrected chi connectivity index (χ1v) is 5.78. The van der Waals surface area contributed by atoms with Crippen LogP contribution in [-0.2, 0) is 17.9 Å². The van der Waals surface area contributed by atoms with Crippen molar-refractivity contribution in [1.82, 2.24) is 9.78 Å². The normalized spacial score (nSPS) is 11.3. The van der Waals surface area contributed by atoms with Gasteiger partial charge in [0, 0.05) is 12.8 Å². The van der Waals surface area contributed by atoms with E-state index in [-0.39, 0.29) is 0 Å². The van der Waals surface area contributed by atoms with Crippen molar-refractivity contribution in [2.24, 2.45) is 5.92 Å². The lowest BCUT2D eigenvalue weighted by molar-refractivity contribution is 0.0940. The zero-order valence-corrected chi connectivity index (χ0v) is 10.6. The predicted molar refractivity (Wildman–Crippen MR) is 60.4 cm³/mol. The Hall–Kier alpha value is -0.420. The number of aromatic nitrogens is 2. The van der Waals surface area contributed by atoms with Crippen molar-refractivity contribution in [3.63, 3.8) is 0 Å². The first kappa shape index (κ1) is 12.6. The van der Waals surface area contributed by atoms with E-state index in [2.05, 4.69) is 34.9 Å². The van der Waals surface area contributed by atoms with Crippen LogP contribution in [0.3, 0.4) is 0 Å². The lowest BCUT2D eigenvalue weighted by atomic mass is 10.2. The molecule has 0 fully saturated rings. The summed E-state index contributed by atoms with van der Waals surface area (Å²) >= 11 is 3.37. The Labute approximate surface area is 97.7 Å². The summed E-state index contributed by atoms with van der Waals surface area (Å²) in [5.41, 5.74) is 0.823. The van der Waals surface area contributed by atoms with Gasteiger partial charge in [-0.05, 0) is 21.8 Å². The van der Waals surface area contributed by atoms with Crippen LogP contribution >= 0.6 is 15.9 Å². The smallest absolute Gasteiger partial charge is 0.109 e. The van der Waals surface area contributed by atoms with Crippen LogP contribution < -0.4 is 0 Å². The average molecular weight is 279 g/mol. The Morgan fingerprint density at radius 3 is 2.93 bits per heavy atom. The molecule has 5 heteroatoms. The average Bonchev–Trinajstić information content (AvgIpc) is 2.47. The molecule has 0 amide bonds. The highest BCUT2D eigenvalue weighted by molar-refractivity contribution is 9.10. The van der Waals surface area contributed by atoms with Crippen LogP contribution in [0.5, 0.6) is 0 Å². The highest BCUT2D eigenvalue weighted by Gasteiger charge is 2.06. The van der Waals surface area contributed by atoms with E-state index >= 15 is 0 Å². The molecule has 0 bridgehead atoms. The molecule has 0 aliphatic heterocycles. The molecular weight excluding hydrogens is 263 g/mol. The lowest BCUT2D eigenvalue weighted by Gasteiger charge is -2.04. The summed E-state index contributed by atoms with van der Waals surface area (Å²) in [6.07, 6.45) is 1.77. The van der Waals surface area contributed by atoms with E-state index in [4.69, 9.17) is 4.74 Å². The van der Waals surface area contributed by atoms with Gasteiger partial charge in [-0.15, -0.1) is 0 Å². The van der Waals surface area contributed by atoms with Crippen molar-refractivity contribution >= 4 is 15.9 Å². The van der Waals surface area contributed by atoms with E-state index in [0.29, 0.717) is 25.7 Å². The largest absolute Gasteiger partial charge is 0.375 e. The maximum atomic E-state index is 12.1. The van der Waals surface area contributed by atoms with Gasteiger partial charge in [0.25, 0.3) is 0 Å². The summed E-state index contributed by atoms with van der Waals surface area (Å²) in [5.74, 6) is 0.511. The van der Waals surface area contributed by atoms with E-state index in [1.165, 1.54) is 0 Å². The van der Waals surface area contributed by atoms with E-state index < -0.39 is 6.67 Å². The molecule has 0 saturated carbocycles. The number of ether oxygens (including phenoxy) is 1. The maximum absolute atomic E-state index is 12.1. The molecule has 1 rings (SSSR count). The van der Waals surface area contributed by atoms with Crippen molar-refractivity contribution in [2.45, 2.75) is 27.0 Å². The van der Waals surface area contributed by atoms with Crippen LogP contribution in [0, 0.1) is 5.92 Å². The molecule has 86 valence electrons. The van der Waals surface area contributed by atoms with Gasteiger partial charge in [0.05, 0.1) is 17.6 Å². The Morgan fingerprint density at radius 1 is 1.60 bits per heavy atom. The number of halogens is 2. The number of nitrogens with zero attached hydrogens (tertiary/aromatic N) is 2. The molecule has 0 aromatic carbocycles. The first-order valence-electron chi connectivity index (χ1n) is 4.99. The van der Waals surface area contributed by atoms with Crippen LogP contribution in [0.15, 0.2) is 10.7 Å². The van der Waals surface area contributed by atoms with Gasteiger partial charge >= 0.3 is 0 Å². The summed E-state index contributed by atoms with van der Waals surface area (Å²) in [6.45, 7) is 5.26. The molecule has 0 N–H and O–H groups in total. The zero-order chi connectivity index (χ0) is 11.3. The minimum Gasteiger partial charge on any atom is -0.375 e. The number of rotatable bonds is 6. The number of hydrogen-bond donors (Lipinski definition) is 0. The third-order valence-electron chi connectivity index (χ3n) is 1.79. The SMILES string of the molecule is CC(C)COCc1nn(CCF)cc1Br. The van der Waals surface area contributed by atoms with Gasteiger partial charge in [0.1, 0.15) is 12.4 Å². The molecule has 1 aromatic heterocycles. The fourth-order valence-electron chi connectivity index (χ4n) is 1.13. The van der Waals surface area contributed by atoms with Gasteiger partial charge < -0.3 is 4.74 Å². The number of aryl methyl sites for hydroxylation is 1. The molecule has 0 aliphatic carbocycles. The maximum Gasteiger partial charge on any atom is 0.109 e. The fourth-order valence-corrected chi connectivity index (χ4v) is 1.56. The van der Waals surface area contributed by atoms with Gasteiger partial charge in [0.2, 0.25) is 0 Å². The Bertz CT molecular complexity index is 302. The second-order valence-corrected chi connectivity index (χ2v) is 4.64. The van der Waals surface area contributed by atoms with Crippen LogP contribution in [0.4, 0.5) is 4.39 Å². The summed E-state index contributed by atoms with van der Waals surface area (Å²) in [6, 6.07) is 0. The van der Waals surface area contributed by atoms with E-state index in [0.717, 1.165) is 10.2 Å². The fraction of sp³-hybridized carbons (Fsp3) is 0.700. The van der Waals surface area contributed by atoms with Crippen LogP contribution in [-0.4, -0.2) is 23.1 Å². The monoisotopic (exact) mass is 278 g/mol. The number of hydrogen-bond acceptors (Lipinski definition) is 2. The van der Waals surface area contributed by atoms with Gasteiger partial charge in [-0.1, -0.05) is 13.8 Å². The molecule has 0 aliphatic rings. The van der Waals surface area contributed by atoms with Gasteiger partial charge in [0.15, 0.2) is 0 Å². The molecule has 0 spiro atoms. The third kappa shape index (κ3) is 4.30. The van der Waals surface area contributed by atoms with Crippen LogP contribution in [0.25, 0.3) is 0 Å². The summed E-state index contributed by atoms with van der Waals surface area (Å²) in [5, 5.41) is 4.20. The van der Waals surface area contributed by atoms with Crippen LogP contribution in [0.1, 0.15) is 19.5 Å². The molecule has 0 atom stereocenters. The Kier molecular flexibility index (Phi) is 5.25. The molecule has 0 unspecified atom stereocenters. The lowest BCUT2D eigenvalue weighted by Crippen LogP contribution is -2.04. The van der Waals surface area contributed by atoms with Crippen molar-refractivity contribution < 1.29 is 9.13 Å². The zero-order valence-electron chi connectivity index (χ0n) is 9.04. The molecule has 0 radical (unpaired) electrons. The van der Waals surface area contributed by atoms with Crippen LogP contribution in [0.2, 0.25) is 0 Å². The minimum atomic E-state index is -0.402. The summed E-state index contributed by atoms with van der Waals surface area (Å²) in [7, 11) is 0. The van der Waals surface area contributed by atoms with E-state index in [9.17, 15) is 4.39 Å². The topological polar surface area (TPSA) is 27.1 Å². The Morgan fingerprint density at radius 2 is 2.33 bits per heavy atom. The molecule has 15 heavy (non-hydrogen) atoms. The van der Waals surface area contributed by atoms with Gasteiger partial charge in [-0.2, -0.15) is 5.10 Å². The van der Waals surface area contributed by atoms with Crippen molar-refractivity contribution in [3.05, 3.63) is 16.4 Å². The van der Waals surface area contributed by atoms with E-state index in [1.54, 1.807) is 10.9 Å². The third-order valence-corrected chi connectivity index (χ3v) is 2.45. The number of alkyl halides is 1. The molecule has 1 aromatic rings. The molecule has 3 nitrogen and oxygen atoms in total. The highest BCUT2D eigenvalue weighted by Crippen LogP contribution is 2.16. The van der Waals surface area contributed by atoms with Crippen molar-refractivity contribution in [3.8, 4) is 0 Å². The van der Waals surface area contributed by atoms with Gasteiger partial charge in [-0.25, -0.2) is 4.39 Å². The second-order valence-electron chi connectivity index (χ2n) is 3.78. The minimum absolute atomic E-state index is 0.294. The predicted octanol–water partition coefficient (Wildman–Crippen LogP) is 2.79. The van der Waals surface area contributed by atoms with Crippen molar-refractivity contribution in [2.75, 3.05) is 13.3 Å². The molecule has 1 heterocycles. The summed E-state index contributed by atoms with van der Waals surface area (Å²) in [4.78, 5) is 0. The van der Waals surface area contributed by atoms with Gasteiger partial charge in [-0.3, -0.25) is 4.68 Å². The summed E-state index contributed by atoms with van der Waals surface area (Å²) < 4.78 is 20.0. The van der Waals surface area contributed by atoms with Crippen molar-refractivity contribution in [1.29, 1.82) is 0 Å². The first-order chi connectivity index (χ1) is 7.13. The Balaban J connectivity index is 2.46. The quantitative estimate of drug-likeness (QED) is 0.800. The molecule has 0 saturated heterocycles. The molecular formula is C10H16BrFN2O. The second kappa shape index (κ2) is 6.23.